The molecular weight excluding hydrogens is 534 g/mol. The average molecular weight is 559 g/mol. The van der Waals surface area contributed by atoms with Crippen molar-refractivity contribution in [2.24, 2.45) is 0 Å². The van der Waals surface area contributed by atoms with E-state index in [1.165, 1.54) is 12.8 Å². The van der Waals surface area contributed by atoms with Gasteiger partial charge < -0.3 is 21.4 Å². The minimum absolute atomic E-state index is 0.218. The Kier molecular flexibility index (Phi) is 8.39. The zero-order chi connectivity index (χ0) is 23.9. The highest BCUT2D eigenvalue weighted by atomic mass is 79.9. The summed E-state index contributed by atoms with van der Waals surface area (Å²) in [5.41, 5.74) is 6.62. The zero-order valence-electron chi connectivity index (χ0n) is 18.4. The smallest absolute Gasteiger partial charge is 0.251 e. The lowest BCUT2D eigenvalue weighted by Crippen LogP contribution is -2.39. The Bertz CT molecular complexity index is 1140. The number of halogens is 2. The van der Waals surface area contributed by atoms with Crippen LogP contribution in [0.1, 0.15) is 24.4 Å². The van der Waals surface area contributed by atoms with Crippen LogP contribution < -0.4 is 21.4 Å². The largest absolute Gasteiger partial charge is 0.347 e. The summed E-state index contributed by atoms with van der Waals surface area (Å²) in [6, 6.07) is 21.9. The first kappa shape index (κ1) is 24.5. The number of hydrogen-bond donors (Lipinski definition) is 4. The lowest BCUT2D eigenvalue weighted by atomic mass is 10.1. The highest BCUT2D eigenvalue weighted by Crippen LogP contribution is 2.26. The van der Waals surface area contributed by atoms with Gasteiger partial charge >= 0.3 is 0 Å². The molecule has 3 aromatic carbocycles. The van der Waals surface area contributed by atoms with E-state index in [-0.39, 0.29) is 5.91 Å². The molecule has 1 atom stereocenters. The molecule has 1 aliphatic rings. The second-order valence-corrected chi connectivity index (χ2v) is 9.61. The molecule has 4 N–H and O–H groups in total. The summed E-state index contributed by atoms with van der Waals surface area (Å²) in [7, 11) is 0. The second-order valence-electron chi connectivity index (χ2n) is 7.94. The molecule has 9 heteroatoms. The summed E-state index contributed by atoms with van der Waals surface area (Å²) in [4.78, 5) is 13.3. The number of hydrazine groups is 1. The average Bonchev–Trinajstić information content (AvgIpc) is 3.35. The van der Waals surface area contributed by atoms with Crippen LogP contribution in [0.2, 0.25) is 5.02 Å². The lowest BCUT2D eigenvalue weighted by molar-refractivity contribution is -0.117. The molecule has 4 rings (SSSR count). The van der Waals surface area contributed by atoms with Gasteiger partial charge in [0, 0.05) is 34.6 Å². The van der Waals surface area contributed by atoms with Gasteiger partial charge in [0.05, 0.1) is 5.02 Å². The number of amides is 1. The molecule has 3 aromatic rings. The third-order valence-electron chi connectivity index (χ3n) is 5.39. The van der Waals surface area contributed by atoms with E-state index in [0.717, 1.165) is 34.5 Å². The van der Waals surface area contributed by atoms with Gasteiger partial charge in [0.25, 0.3) is 5.91 Å². The van der Waals surface area contributed by atoms with Crippen LogP contribution in [-0.2, 0) is 4.79 Å². The molecule has 1 fully saturated rings. The Morgan fingerprint density at radius 1 is 0.912 bits per heavy atom. The van der Waals surface area contributed by atoms with Gasteiger partial charge in [-0.3, -0.25) is 4.79 Å². The Labute approximate surface area is 218 Å². The van der Waals surface area contributed by atoms with Crippen LogP contribution in [0, 0.1) is 0 Å². The first-order valence-corrected chi connectivity index (χ1v) is 12.6. The standard InChI is InChI=1S/C25H25BrClN5OS/c26-21-13-12-20(16-22(21)27)29-25(34)30-23(17-6-2-1-3-7-17)24(33)28-18-8-10-19(11-9-18)31-32-14-4-5-15-32/h1-3,6-13,16,23,31H,4-5,14-15H2,(H,28,33)(H2,29,30,34). The number of thiocarbonyl (C=S) groups is 1. The van der Waals surface area contributed by atoms with Gasteiger partial charge in [0.1, 0.15) is 6.04 Å². The van der Waals surface area contributed by atoms with Crippen molar-refractivity contribution in [2.75, 3.05) is 29.1 Å². The molecule has 0 saturated carbocycles. The summed E-state index contributed by atoms with van der Waals surface area (Å²) < 4.78 is 0.793. The molecule has 1 unspecified atom stereocenters. The summed E-state index contributed by atoms with van der Waals surface area (Å²) in [5, 5.41) is 12.3. The van der Waals surface area contributed by atoms with Crippen LogP contribution in [0.3, 0.4) is 0 Å². The Morgan fingerprint density at radius 2 is 1.56 bits per heavy atom. The fourth-order valence-corrected chi connectivity index (χ4v) is 4.33. The third-order valence-corrected chi connectivity index (χ3v) is 6.85. The molecule has 1 heterocycles. The number of carbonyl (C=O) groups is 1. The SMILES string of the molecule is O=C(Nc1ccc(NN2CCCC2)cc1)C(NC(=S)Nc1ccc(Br)c(Cl)c1)c1ccccc1. The number of rotatable bonds is 7. The number of benzene rings is 3. The molecule has 6 nitrogen and oxygen atoms in total. The van der Waals surface area contributed by atoms with Gasteiger partial charge in [-0.1, -0.05) is 41.9 Å². The highest BCUT2D eigenvalue weighted by Gasteiger charge is 2.22. The maximum atomic E-state index is 13.3. The summed E-state index contributed by atoms with van der Waals surface area (Å²) in [6.45, 7) is 2.09. The van der Waals surface area contributed by atoms with Crippen molar-refractivity contribution >= 4 is 67.8 Å². The topological polar surface area (TPSA) is 68.4 Å². The van der Waals surface area contributed by atoms with Crippen molar-refractivity contribution in [2.45, 2.75) is 18.9 Å². The summed E-state index contributed by atoms with van der Waals surface area (Å²) in [5.74, 6) is -0.218. The van der Waals surface area contributed by atoms with Crippen LogP contribution in [0.5, 0.6) is 0 Å². The van der Waals surface area contributed by atoms with Gasteiger partial charge in [0.15, 0.2) is 5.11 Å². The van der Waals surface area contributed by atoms with Crippen LogP contribution in [0.15, 0.2) is 77.3 Å². The fourth-order valence-electron chi connectivity index (χ4n) is 3.67. The molecule has 34 heavy (non-hydrogen) atoms. The molecule has 0 spiro atoms. The highest BCUT2D eigenvalue weighted by molar-refractivity contribution is 9.10. The molecule has 1 saturated heterocycles. The minimum Gasteiger partial charge on any atom is -0.347 e. The van der Waals surface area contributed by atoms with Crippen LogP contribution >= 0.6 is 39.7 Å². The zero-order valence-corrected chi connectivity index (χ0v) is 21.5. The Hall–Kier alpha value is -2.65. The van der Waals surface area contributed by atoms with Gasteiger partial charge in [-0.2, -0.15) is 0 Å². The Balaban J connectivity index is 1.43. The number of nitrogens with zero attached hydrogens (tertiary/aromatic N) is 1. The van der Waals surface area contributed by atoms with Crippen molar-refractivity contribution in [1.29, 1.82) is 0 Å². The minimum atomic E-state index is -0.686. The van der Waals surface area contributed by atoms with Gasteiger partial charge in [-0.15, -0.1) is 0 Å². The number of carbonyl (C=O) groups excluding carboxylic acids is 1. The third kappa shape index (κ3) is 6.70. The van der Waals surface area contributed by atoms with E-state index in [9.17, 15) is 4.79 Å². The maximum absolute atomic E-state index is 13.3. The van der Waals surface area contributed by atoms with E-state index in [0.29, 0.717) is 15.8 Å². The number of hydrogen-bond acceptors (Lipinski definition) is 4. The quantitative estimate of drug-likeness (QED) is 0.259. The first-order valence-electron chi connectivity index (χ1n) is 11.0. The lowest BCUT2D eigenvalue weighted by Gasteiger charge is -2.21. The normalized spacial score (nSPS) is 14.3. The second kappa shape index (κ2) is 11.7. The maximum Gasteiger partial charge on any atom is 0.251 e. The number of anilines is 3. The molecule has 0 aliphatic carbocycles. The van der Waals surface area contributed by atoms with Crippen molar-refractivity contribution in [3.8, 4) is 0 Å². The van der Waals surface area contributed by atoms with Gasteiger partial charge in [0.2, 0.25) is 0 Å². The van der Waals surface area contributed by atoms with E-state index in [1.807, 2.05) is 66.7 Å². The predicted molar refractivity (Wildman–Crippen MR) is 147 cm³/mol. The monoisotopic (exact) mass is 557 g/mol. The molecule has 0 radical (unpaired) electrons. The van der Waals surface area contributed by atoms with Crippen molar-refractivity contribution in [1.82, 2.24) is 10.3 Å². The van der Waals surface area contributed by atoms with E-state index in [4.69, 9.17) is 23.8 Å². The predicted octanol–water partition coefficient (Wildman–Crippen LogP) is 6.19. The van der Waals surface area contributed by atoms with E-state index < -0.39 is 6.04 Å². The molecule has 0 aromatic heterocycles. The molecule has 0 bridgehead atoms. The molecule has 176 valence electrons. The summed E-state index contributed by atoms with van der Waals surface area (Å²) in [6.07, 6.45) is 2.42. The van der Waals surface area contributed by atoms with E-state index >= 15 is 0 Å². The van der Waals surface area contributed by atoms with Crippen LogP contribution in [0.4, 0.5) is 17.1 Å². The van der Waals surface area contributed by atoms with Crippen LogP contribution in [-0.4, -0.2) is 29.1 Å². The summed E-state index contributed by atoms with van der Waals surface area (Å²) >= 11 is 15.0. The van der Waals surface area contributed by atoms with E-state index in [1.54, 1.807) is 6.07 Å². The van der Waals surface area contributed by atoms with Gasteiger partial charge in [-0.05, 0) is 89.0 Å². The fraction of sp³-hybridized carbons (Fsp3) is 0.200. The van der Waals surface area contributed by atoms with Crippen molar-refractivity contribution in [3.63, 3.8) is 0 Å². The van der Waals surface area contributed by atoms with Crippen LogP contribution in [0.25, 0.3) is 0 Å². The van der Waals surface area contributed by atoms with Crippen molar-refractivity contribution in [3.05, 3.63) is 87.9 Å². The molecule has 1 amide bonds. The Morgan fingerprint density at radius 3 is 2.24 bits per heavy atom. The first-order chi connectivity index (χ1) is 16.5. The van der Waals surface area contributed by atoms with Crippen molar-refractivity contribution < 1.29 is 4.79 Å². The van der Waals surface area contributed by atoms with Gasteiger partial charge in [-0.25, -0.2) is 5.01 Å². The molecule has 1 aliphatic heterocycles. The van der Waals surface area contributed by atoms with E-state index in [2.05, 4.69) is 42.3 Å². The number of nitrogens with one attached hydrogen (secondary N) is 4. The molecular formula is C25H25BrClN5OS.